The number of anilines is 1. The number of hydrogen-bond acceptors (Lipinski definition) is 5. The lowest BCUT2D eigenvalue weighted by Crippen LogP contribution is -2.53. The number of para-hydroxylation sites is 1. The van der Waals surface area contributed by atoms with Crippen LogP contribution in [0, 0.1) is 0 Å². The minimum absolute atomic E-state index is 0.0507. The summed E-state index contributed by atoms with van der Waals surface area (Å²) in [6, 6.07) is 28.8. The highest BCUT2D eigenvalue weighted by Crippen LogP contribution is 2.27. The van der Waals surface area contributed by atoms with E-state index in [0.717, 1.165) is 16.1 Å². The number of hydrogen-bond donors (Lipinski definition) is 1. The fourth-order valence-corrected chi connectivity index (χ4v) is 5.92. The van der Waals surface area contributed by atoms with E-state index in [1.807, 2.05) is 48.5 Å². The molecule has 2 amide bonds. The van der Waals surface area contributed by atoms with E-state index in [0.29, 0.717) is 33.7 Å². The molecule has 0 aromatic heterocycles. The number of ether oxygens (including phenoxy) is 1. The molecule has 0 fully saturated rings. The van der Waals surface area contributed by atoms with E-state index in [1.165, 1.54) is 4.90 Å². The molecule has 0 aliphatic rings. The van der Waals surface area contributed by atoms with Gasteiger partial charge in [-0.25, -0.2) is 8.42 Å². The molecule has 1 N–H and O–H groups in total. The van der Waals surface area contributed by atoms with Crippen LogP contribution in [0.5, 0.6) is 11.5 Å². The van der Waals surface area contributed by atoms with Crippen LogP contribution in [0.2, 0.25) is 10.0 Å². The first-order valence-electron chi connectivity index (χ1n) is 13.9. The molecule has 230 valence electrons. The van der Waals surface area contributed by atoms with Gasteiger partial charge < -0.3 is 15.0 Å². The van der Waals surface area contributed by atoms with Gasteiger partial charge in [0.05, 0.1) is 11.9 Å². The number of carbonyl (C=O) groups excluding carboxylic acids is 2. The van der Waals surface area contributed by atoms with E-state index in [2.05, 4.69) is 5.32 Å². The van der Waals surface area contributed by atoms with Crippen molar-refractivity contribution in [1.82, 2.24) is 10.2 Å². The number of rotatable bonds is 13. The number of amides is 2. The first-order chi connectivity index (χ1) is 21.0. The van der Waals surface area contributed by atoms with E-state index in [-0.39, 0.29) is 24.6 Å². The second-order valence-electron chi connectivity index (χ2n) is 10.0. The van der Waals surface area contributed by atoms with Crippen molar-refractivity contribution in [3.05, 3.63) is 124 Å². The first kappa shape index (κ1) is 32.9. The fourth-order valence-electron chi connectivity index (χ4n) is 4.60. The van der Waals surface area contributed by atoms with Crippen molar-refractivity contribution in [2.24, 2.45) is 0 Å². The number of carbonyl (C=O) groups is 2. The SMILES string of the molecule is CCNC(=O)[C@H](Cc1ccccc1)N(Cc1ccc(Cl)cc1Cl)C(=O)CN(c1ccc(Oc2ccccc2)cc1)S(C)(=O)=O. The molecular formula is C33H33Cl2N3O5S. The maximum Gasteiger partial charge on any atom is 0.244 e. The van der Waals surface area contributed by atoms with Gasteiger partial charge in [-0.15, -0.1) is 0 Å². The van der Waals surface area contributed by atoms with Crippen LogP contribution < -0.4 is 14.4 Å². The molecule has 0 aliphatic heterocycles. The van der Waals surface area contributed by atoms with Gasteiger partial charge >= 0.3 is 0 Å². The number of nitrogens with zero attached hydrogens (tertiary/aromatic N) is 2. The third kappa shape index (κ3) is 8.98. The monoisotopic (exact) mass is 653 g/mol. The third-order valence-corrected chi connectivity index (χ3v) is 8.49. The van der Waals surface area contributed by atoms with Gasteiger partial charge in [0, 0.05) is 29.6 Å². The number of halogens is 2. The van der Waals surface area contributed by atoms with Gasteiger partial charge in [-0.2, -0.15) is 0 Å². The van der Waals surface area contributed by atoms with Crippen molar-refractivity contribution in [3.8, 4) is 11.5 Å². The topological polar surface area (TPSA) is 96.0 Å². The molecule has 0 radical (unpaired) electrons. The largest absolute Gasteiger partial charge is 0.457 e. The smallest absolute Gasteiger partial charge is 0.244 e. The van der Waals surface area contributed by atoms with Gasteiger partial charge in [0.25, 0.3) is 0 Å². The van der Waals surface area contributed by atoms with E-state index in [4.69, 9.17) is 27.9 Å². The molecule has 0 aliphatic carbocycles. The molecule has 11 heteroatoms. The molecule has 0 saturated heterocycles. The van der Waals surface area contributed by atoms with E-state index in [9.17, 15) is 18.0 Å². The fraction of sp³-hybridized carbons (Fsp3) is 0.212. The Morgan fingerprint density at radius 1 is 0.864 bits per heavy atom. The van der Waals surface area contributed by atoms with Crippen LogP contribution in [-0.4, -0.2) is 50.5 Å². The van der Waals surface area contributed by atoms with Crippen molar-refractivity contribution < 1.29 is 22.7 Å². The quantitative estimate of drug-likeness (QED) is 0.182. The Morgan fingerprint density at radius 3 is 2.07 bits per heavy atom. The average Bonchev–Trinajstić information content (AvgIpc) is 2.99. The van der Waals surface area contributed by atoms with E-state index >= 15 is 0 Å². The summed E-state index contributed by atoms with van der Waals surface area (Å²) in [6.45, 7) is 1.54. The molecule has 4 rings (SSSR count). The molecule has 4 aromatic rings. The van der Waals surface area contributed by atoms with E-state index in [1.54, 1.807) is 61.5 Å². The lowest BCUT2D eigenvalue weighted by Gasteiger charge is -2.33. The predicted octanol–water partition coefficient (Wildman–Crippen LogP) is 6.33. The highest BCUT2D eigenvalue weighted by molar-refractivity contribution is 7.92. The van der Waals surface area contributed by atoms with Crippen LogP contribution in [0.4, 0.5) is 5.69 Å². The van der Waals surface area contributed by atoms with Crippen LogP contribution >= 0.6 is 23.2 Å². The summed E-state index contributed by atoms with van der Waals surface area (Å²) in [5, 5.41) is 3.56. The molecule has 4 aromatic carbocycles. The van der Waals surface area contributed by atoms with Crippen LogP contribution in [0.1, 0.15) is 18.1 Å². The molecule has 1 atom stereocenters. The summed E-state index contributed by atoms with van der Waals surface area (Å²) in [5.41, 5.74) is 1.65. The Hall–Kier alpha value is -4.05. The number of sulfonamides is 1. The number of nitrogens with one attached hydrogen (secondary N) is 1. The minimum atomic E-state index is -3.92. The Kier molecular flexibility index (Phi) is 11.3. The zero-order chi connectivity index (χ0) is 31.7. The van der Waals surface area contributed by atoms with Crippen LogP contribution in [0.25, 0.3) is 0 Å². The van der Waals surface area contributed by atoms with Gasteiger partial charge in [0.1, 0.15) is 24.1 Å². The van der Waals surface area contributed by atoms with Gasteiger partial charge in [0.2, 0.25) is 21.8 Å². The number of benzene rings is 4. The summed E-state index contributed by atoms with van der Waals surface area (Å²) in [7, 11) is -3.92. The zero-order valence-electron chi connectivity index (χ0n) is 24.3. The molecular weight excluding hydrogens is 621 g/mol. The summed E-state index contributed by atoms with van der Waals surface area (Å²) in [5.74, 6) is 0.168. The Labute approximate surface area is 268 Å². The van der Waals surface area contributed by atoms with Crippen LogP contribution in [0.15, 0.2) is 103 Å². The number of likely N-dealkylation sites (N-methyl/N-ethyl adjacent to an activating group) is 1. The minimum Gasteiger partial charge on any atom is -0.457 e. The summed E-state index contributed by atoms with van der Waals surface area (Å²) in [6.07, 6.45) is 1.23. The van der Waals surface area contributed by atoms with Crippen molar-refractivity contribution in [3.63, 3.8) is 0 Å². The molecule has 0 unspecified atom stereocenters. The molecule has 0 bridgehead atoms. The first-order valence-corrected chi connectivity index (χ1v) is 16.5. The molecule has 44 heavy (non-hydrogen) atoms. The molecule has 8 nitrogen and oxygen atoms in total. The van der Waals surface area contributed by atoms with Crippen molar-refractivity contribution in [2.75, 3.05) is 23.7 Å². The maximum absolute atomic E-state index is 14.2. The highest BCUT2D eigenvalue weighted by Gasteiger charge is 2.33. The van der Waals surface area contributed by atoms with Crippen LogP contribution in [0.3, 0.4) is 0 Å². The predicted molar refractivity (Wildman–Crippen MR) is 175 cm³/mol. The lowest BCUT2D eigenvalue weighted by atomic mass is 10.0. The summed E-state index contributed by atoms with van der Waals surface area (Å²) in [4.78, 5) is 29.0. The van der Waals surface area contributed by atoms with Gasteiger partial charge in [-0.3, -0.25) is 13.9 Å². The van der Waals surface area contributed by atoms with Gasteiger partial charge in [-0.1, -0.05) is 77.8 Å². The standard InChI is InChI=1S/C33H33Cl2N3O5S/c1-3-36-33(40)31(20-24-10-6-4-7-11-24)37(22-25-14-15-26(34)21-30(25)35)32(39)23-38(44(2,41)42)27-16-18-29(19-17-27)43-28-12-8-5-9-13-28/h4-19,21,31H,3,20,22-23H2,1-2H3,(H,36,40)/t31-/m0/s1. The maximum atomic E-state index is 14.2. The van der Waals surface area contributed by atoms with Gasteiger partial charge in [-0.05, 0) is 66.6 Å². The van der Waals surface area contributed by atoms with Crippen molar-refractivity contribution in [2.45, 2.75) is 25.9 Å². The highest BCUT2D eigenvalue weighted by atomic mass is 35.5. The zero-order valence-corrected chi connectivity index (χ0v) is 26.6. The summed E-state index contributed by atoms with van der Waals surface area (Å²) < 4.78 is 32.9. The van der Waals surface area contributed by atoms with E-state index < -0.39 is 28.5 Å². The normalized spacial score (nSPS) is 11.8. The van der Waals surface area contributed by atoms with Crippen LogP contribution in [-0.2, 0) is 32.6 Å². The average molecular weight is 655 g/mol. The third-order valence-electron chi connectivity index (χ3n) is 6.76. The van der Waals surface area contributed by atoms with Crippen molar-refractivity contribution in [1.29, 1.82) is 0 Å². The second kappa shape index (κ2) is 15.1. The Bertz CT molecular complexity index is 1670. The molecule has 0 saturated carbocycles. The van der Waals surface area contributed by atoms with Gasteiger partial charge in [0.15, 0.2) is 0 Å². The summed E-state index contributed by atoms with van der Waals surface area (Å²) >= 11 is 12.6. The molecule has 0 spiro atoms. The lowest BCUT2D eigenvalue weighted by molar-refractivity contribution is -0.140. The molecule has 0 heterocycles. The Balaban J connectivity index is 1.68. The van der Waals surface area contributed by atoms with Crippen molar-refractivity contribution >= 4 is 50.7 Å². The second-order valence-corrected chi connectivity index (χ2v) is 12.8. The Morgan fingerprint density at radius 2 is 1.48 bits per heavy atom.